The summed E-state index contributed by atoms with van der Waals surface area (Å²) >= 11 is 0. The van der Waals surface area contributed by atoms with Crippen molar-refractivity contribution in [3.63, 3.8) is 0 Å². The van der Waals surface area contributed by atoms with Gasteiger partial charge in [0, 0.05) is 0 Å². The van der Waals surface area contributed by atoms with Crippen molar-refractivity contribution in [2.75, 3.05) is 32.1 Å². The Kier molecular flexibility index (Phi) is 8.59. The van der Waals surface area contributed by atoms with Crippen LogP contribution in [0.1, 0.15) is 24.2 Å². The first-order valence-electron chi connectivity index (χ1n) is 6.31. The van der Waals surface area contributed by atoms with E-state index in [2.05, 4.69) is 10.1 Å². The van der Waals surface area contributed by atoms with Crippen molar-refractivity contribution in [1.29, 1.82) is 0 Å². The maximum absolute atomic E-state index is 11.9. The Morgan fingerprint density at radius 1 is 1.20 bits per heavy atom. The topological polar surface area (TPSA) is 58.6 Å². The number of rotatable bonds is 6. The highest BCUT2D eigenvalue weighted by atomic mass is 35.5. The van der Waals surface area contributed by atoms with Crippen LogP contribution in [0, 0.1) is 0 Å². The average molecular weight is 301 g/mol. The number of ether oxygens (including phenoxy) is 1. The lowest BCUT2D eigenvalue weighted by atomic mass is 10.2. The molecule has 0 bridgehead atoms. The number of esters is 1. The van der Waals surface area contributed by atoms with Crippen LogP contribution in [0.2, 0.25) is 0 Å². The molecule has 0 radical (unpaired) electrons. The Morgan fingerprint density at radius 3 is 2.35 bits per heavy atom. The average Bonchev–Trinajstić information content (AvgIpc) is 2.44. The van der Waals surface area contributed by atoms with Crippen molar-refractivity contribution >= 4 is 30.0 Å². The first-order chi connectivity index (χ1) is 9.12. The van der Waals surface area contributed by atoms with Gasteiger partial charge < -0.3 is 10.1 Å². The quantitative estimate of drug-likeness (QED) is 0.818. The van der Waals surface area contributed by atoms with E-state index < -0.39 is 5.97 Å². The van der Waals surface area contributed by atoms with Crippen LogP contribution in [-0.2, 0) is 9.53 Å². The first-order valence-corrected chi connectivity index (χ1v) is 6.31. The number of likely N-dealkylation sites (N-methyl/N-ethyl adjacent to an activating group) is 1. The van der Waals surface area contributed by atoms with Crippen molar-refractivity contribution in [3.8, 4) is 0 Å². The highest BCUT2D eigenvalue weighted by Crippen LogP contribution is 2.15. The molecule has 0 unspecified atom stereocenters. The van der Waals surface area contributed by atoms with Gasteiger partial charge in [0.1, 0.15) is 0 Å². The van der Waals surface area contributed by atoms with Crippen molar-refractivity contribution in [2.45, 2.75) is 13.8 Å². The lowest BCUT2D eigenvalue weighted by molar-refractivity contribution is -0.117. The number of amides is 1. The fourth-order valence-electron chi connectivity index (χ4n) is 1.72. The SMILES string of the molecule is CCN(CC)CC(=O)Nc1ccccc1C(=O)OC.Cl. The Bertz CT molecular complexity index is 448. The van der Waals surface area contributed by atoms with Crippen LogP contribution in [0.15, 0.2) is 24.3 Å². The molecule has 0 fully saturated rings. The molecule has 0 aliphatic carbocycles. The number of benzene rings is 1. The second-order valence-electron chi connectivity index (χ2n) is 4.05. The maximum atomic E-state index is 11.9. The van der Waals surface area contributed by atoms with Gasteiger partial charge in [-0.1, -0.05) is 26.0 Å². The van der Waals surface area contributed by atoms with Crippen molar-refractivity contribution in [1.82, 2.24) is 4.90 Å². The van der Waals surface area contributed by atoms with E-state index in [9.17, 15) is 9.59 Å². The molecule has 1 amide bonds. The van der Waals surface area contributed by atoms with Gasteiger partial charge >= 0.3 is 5.97 Å². The number of carbonyl (C=O) groups is 2. The summed E-state index contributed by atoms with van der Waals surface area (Å²) in [7, 11) is 1.32. The van der Waals surface area contributed by atoms with Gasteiger partial charge in [0.25, 0.3) is 0 Å². The number of nitrogens with zero attached hydrogens (tertiary/aromatic N) is 1. The summed E-state index contributed by atoms with van der Waals surface area (Å²) in [4.78, 5) is 25.5. The molecule has 0 spiro atoms. The van der Waals surface area contributed by atoms with Crippen LogP contribution in [0.3, 0.4) is 0 Å². The van der Waals surface area contributed by atoms with Gasteiger partial charge in [-0.05, 0) is 25.2 Å². The van der Waals surface area contributed by atoms with E-state index in [0.717, 1.165) is 13.1 Å². The third-order valence-electron chi connectivity index (χ3n) is 2.87. The lowest BCUT2D eigenvalue weighted by Gasteiger charge is -2.17. The zero-order chi connectivity index (χ0) is 14.3. The number of methoxy groups -OCH3 is 1. The smallest absolute Gasteiger partial charge is 0.339 e. The van der Waals surface area contributed by atoms with Crippen molar-refractivity contribution in [3.05, 3.63) is 29.8 Å². The van der Waals surface area contributed by atoms with Gasteiger partial charge in [-0.3, -0.25) is 9.69 Å². The molecule has 0 atom stereocenters. The summed E-state index contributed by atoms with van der Waals surface area (Å²) in [5.41, 5.74) is 0.837. The van der Waals surface area contributed by atoms with E-state index >= 15 is 0 Å². The monoisotopic (exact) mass is 300 g/mol. The van der Waals surface area contributed by atoms with E-state index in [4.69, 9.17) is 0 Å². The lowest BCUT2D eigenvalue weighted by Crippen LogP contribution is -2.33. The van der Waals surface area contributed by atoms with Gasteiger partial charge in [0.05, 0.1) is 24.9 Å². The van der Waals surface area contributed by atoms with Crippen molar-refractivity contribution < 1.29 is 14.3 Å². The molecule has 0 aromatic heterocycles. The molecule has 0 aliphatic rings. The number of hydrogen-bond acceptors (Lipinski definition) is 4. The van der Waals surface area contributed by atoms with Crippen LogP contribution < -0.4 is 5.32 Å². The molecule has 112 valence electrons. The Labute approximate surface area is 125 Å². The Balaban J connectivity index is 0.00000361. The Morgan fingerprint density at radius 2 is 1.80 bits per heavy atom. The molecular formula is C14H21ClN2O3. The molecule has 20 heavy (non-hydrogen) atoms. The molecular weight excluding hydrogens is 280 g/mol. The molecule has 0 saturated carbocycles. The highest BCUT2D eigenvalue weighted by molar-refractivity contribution is 6.01. The summed E-state index contributed by atoms with van der Waals surface area (Å²) in [6, 6.07) is 6.80. The number of carbonyl (C=O) groups excluding carboxylic acids is 2. The van der Waals surface area contributed by atoms with Crippen LogP contribution in [0.25, 0.3) is 0 Å². The largest absolute Gasteiger partial charge is 0.465 e. The van der Waals surface area contributed by atoms with E-state index in [-0.39, 0.29) is 18.3 Å². The summed E-state index contributed by atoms with van der Waals surface area (Å²) in [5.74, 6) is -0.598. The second kappa shape index (κ2) is 9.34. The molecule has 6 heteroatoms. The minimum Gasteiger partial charge on any atom is -0.465 e. The zero-order valence-corrected chi connectivity index (χ0v) is 12.8. The molecule has 0 aliphatic heterocycles. The van der Waals surface area contributed by atoms with Crippen LogP contribution >= 0.6 is 12.4 Å². The summed E-state index contributed by atoms with van der Waals surface area (Å²) in [5, 5.41) is 2.74. The molecule has 5 nitrogen and oxygen atoms in total. The normalized spacial score (nSPS) is 9.80. The predicted molar refractivity (Wildman–Crippen MR) is 81.4 cm³/mol. The number of halogens is 1. The molecule has 1 aromatic rings. The third-order valence-corrected chi connectivity index (χ3v) is 2.87. The van der Waals surface area contributed by atoms with Crippen LogP contribution in [0.5, 0.6) is 0 Å². The summed E-state index contributed by atoms with van der Waals surface area (Å²) in [6.07, 6.45) is 0. The van der Waals surface area contributed by atoms with Gasteiger partial charge in [-0.2, -0.15) is 0 Å². The number of anilines is 1. The summed E-state index contributed by atoms with van der Waals surface area (Å²) < 4.78 is 4.68. The van der Waals surface area contributed by atoms with E-state index in [1.54, 1.807) is 24.3 Å². The van der Waals surface area contributed by atoms with Crippen LogP contribution in [-0.4, -0.2) is 43.5 Å². The highest BCUT2D eigenvalue weighted by Gasteiger charge is 2.14. The third kappa shape index (κ3) is 5.19. The maximum Gasteiger partial charge on any atom is 0.339 e. The Hall–Kier alpha value is -1.59. The minimum atomic E-state index is -0.460. The molecule has 0 saturated heterocycles. The first kappa shape index (κ1) is 18.4. The van der Waals surface area contributed by atoms with E-state index in [0.29, 0.717) is 17.8 Å². The fraction of sp³-hybridized carbons (Fsp3) is 0.429. The number of para-hydroxylation sites is 1. The summed E-state index contributed by atoms with van der Waals surface area (Å²) in [6.45, 7) is 5.92. The van der Waals surface area contributed by atoms with Gasteiger partial charge in [0.2, 0.25) is 5.91 Å². The van der Waals surface area contributed by atoms with E-state index in [1.165, 1.54) is 7.11 Å². The van der Waals surface area contributed by atoms with Crippen molar-refractivity contribution in [2.24, 2.45) is 0 Å². The molecule has 0 heterocycles. The fourth-order valence-corrected chi connectivity index (χ4v) is 1.72. The second-order valence-corrected chi connectivity index (χ2v) is 4.05. The standard InChI is InChI=1S/C14H20N2O3.ClH/c1-4-16(5-2)10-13(17)15-12-9-7-6-8-11(12)14(18)19-3;/h6-9H,4-5,10H2,1-3H3,(H,15,17);1H. The minimum absolute atomic E-state index is 0. The molecule has 1 N–H and O–H groups in total. The van der Waals surface area contributed by atoms with E-state index in [1.807, 2.05) is 18.7 Å². The zero-order valence-electron chi connectivity index (χ0n) is 12.0. The molecule has 1 rings (SSSR count). The number of hydrogen-bond donors (Lipinski definition) is 1. The van der Waals surface area contributed by atoms with Gasteiger partial charge in [0.15, 0.2) is 0 Å². The van der Waals surface area contributed by atoms with Crippen LogP contribution in [0.4, 0.5) is 5.69 Å². The van der Waals surface area contributed by atoms with Gasteiger partial charge in [-0.15, -0.1) is 12.4 Å². The molecule has 1 aromatic carbocycles. The van der Waals surface area contributed by atoms with Gasteiger partial charge in [-0.25, -0.2) is 4.79 Å². The number of nitrogens with one attached hydrogen (secondary N) is 1. The predicted octanol–water partition coefficient (Wildman–Crippen LogP) is 2.18.